The van der Waals surface area contributed by atoms with Crippen molar-refractivity contribution in [2.24, 2.45) is 0 Å². The third-order valence-corrected chi connectivity index (χ3v) is 3.64. The van der Waals surface area contributed by atoms with Crippen LogP contribution in [0, 0.1) is 5.82 Å². The monoisotopic (exact) mass is 290 g/mol. The molecule has 1 amide bonds. The highest BCUT2D eigenvalue weighted by Gasteiger charge is 2.15. The molecule has 1 heterocycles. The van der Waals surface area contributed by atoms with Gasteiger partial charge in [0.1, 0.15) is 10.8 Å². The van der Waals surface area contributed by atoms with Gasteiger partial charge in [-0.05, 0) is 43.0 Å². The molecule has 1 aromatic carbocycles. The van der Waals surface area contributed by atoms with Gasteiger partial charge < -0.3 is 5.32 Å². The second kappa shape index (κ2) is 6.52. The van der Waals surface area contributed by atoms with Crippen LogP contribution in [-0.4, -0.2) is 17.1 Å². The molecule has 104 valence electrons. The summed E-state index contributed by atoms with van der Waals surface area (Å²) in [6.45, 7) is 1.86. The Morgan fingerprint density at radius 3 is 2.65 bits per heavy atom. The van der Waals surface area contributed by atoms with Gasteiger partial charge in [0, 0.05) is 6.20 Å². The van der Waals surface area contributed by atoms with Gasteiger partial charge in [0.05, 0.1) is 11.6 Å². The van der Waals surface area contributed by atoms with Gasteiger partial charge in [-0.2, -0.15) is 0 Å². The second-order valence-corrected chi connectivity index (χ2v) is 5.10. The van der Waals surface area contributed by atoms with Crippen LogP contribution < -0.4 is 5.32 Å². The third-order valence-electron chi connectivity index (χ3n) is 2.93. The number of nitrogens with zero attached hydrogens (tertiary/aromatic N) is 1. The molecule has 3 nitrogen and oxygen atoms in total. The van der Waals surface area contributed by atoms with Gasteiger partial charge in [0.15, 0.2) is 0 Å². The SMILES string of the molecule is CSc1ncccc1C(=O)N[C@H](C)c1ccc(F)cc1. The predicted molar refractivity (Wildman–Crippen MR) is 78.3 cm³/mol. The fourth-order valence-electron chi connectivity index (χ4n) is 1.84. The molecule has 1 atom stereocenters. The van der Waals surface area contributed by atoms with Crippen molar-refractivity contribution in [3.05, 3.63) is 59.5 Å². The Morgan fingerprint density at radius 2 is 2.00 bits per heavy atom. The minimum Gasteiger partial charge on any atom is -0.345 e. The maximum absolute atomic E-state index is 12.9. The van der Waals surface area contributed by atoms with Crippen LogP contribution in [0.1, 0.15) is 28.9 Å². The molecular formula is C15H15FN2OS. The van der Waals surface area contributed by atoms with Crippen LogP contribution in [0.25, 0.3) is 0 Å². The van der Waals surface area contributed by atoms with E-state index >= 15 is 0 Å². The highest BCUT2D eigenvalue weighted by atomic mass is 32.2. The fraction of sp³-hybridized carbons (Fsp3) is 0.200. The standard InChI is InChI=1S/C15H15FN2OS/c1-10(11-5-7-12(16)8-6-11)18-14(19)13-4-3-9-17-15(13)20-2/h3-10H,1-2H3,(H,18,19)/t10-/m1/s1. The fourth-order valence-corrected chi connectivity index (χ4v) is 2.38. The van der Waals surface area contributed by atoms with Gasteiger partial charge in [0.25, 0.3) is 5.91 Å². The van der Waals surface area contributed by atoms with E-state index in [-0.39, 0.29) is 17.8 Å². The molecular weight excluding hydrogens is 275 g/mol. The van der Waals surface area contributed by atoms with Gasteiger partial charge in [-0.25, -0.2) is 9.37 Å². The lowest BCUT2D eigenvalue weighted by Gasteiger charge is -2.15. The predicted octanol–water partition coefficient (Wildman–Crippen LogP) is 3.43. The van der Waals surface area contributed by atoms with E-state index < -0.39 is 0 Å². The van der Waals surface area contributed by atoms with Gasteiger partial charge >= 0.3 is 0 Å². The summed E-state index contributed by atoms with van der Waals surface area (Å²) < 4.78 is 12.9. The number of halogens is 1. The van der Waals surface area contributed by atoms with Crippen LogP contribution in [-0.2, 0) is 0 Å². The highest BCUT2D eigenvalue weighted by molar-refractivity contribution is 7.98. The summed E-state index contributed by atoms with van der Waals surface area (Å²) in [6, 6.07) is 9.38. The topological polar surface area (TPSA) is 42.0 Å². The molecule has 0 aliphatic carbocycles. The number of carbonyl (C=O) groups is 1. The smallest absolute Gasteiger partial charge is 0.254 e. The zero-order valence-corrected chi connectivity index (χ0v) is 12.1. The van der Waals surface area contributed by atoms with Crippen LogP contribution in [0.4, 0.5) is 4.39 Å². The summed E-state index contributed by atoms with van der Waals surface area (Å²) in [5, 5.41) is 3.58. The van der Waals surface area contributed by atoms with Gasteiger partial charge in [-0.3, -0.25) is 4.79 Å². The zero-order valence-electron chi connectivity index (χ0n) is 11.3. The van der Waals surface area contributed by atoms with Crippen molar-refractivity contribution >= 4 is 17.7 Å². The van der Waals surface area contributed by atoms with Gasteiger partial charge in [-0.1, -0.05) is 12.1 Å². The summed E-state index contributed by atoms with van der Waals surface area (Å²) in [6.07, 6.45) is 3.54. The molecule has 1 N–H and O–H groups in total. The normalized spacial score (nSPS) is 11.9. The van der Waals surface area contributed by atoms with E-state index in [9.17, 15) is 9.18 Å². The van der Waals surface area contributed by atoms with E-state index in [0.717, 1.165) is 5.56 Å². The molecule has 2 rings (SSSR count). The van der Waals surface area contributed by atoms with Crippen LogP contribution in [0.5, 0.6) is 0 Å². The Morgan fingerprint density at radius 1 is 1.30 bits per heavy atom. The van der Waals surface area contributed by atoms with Crippen molar-refractivity contribution in [2.45, 2.75) is 18.0 Å². The van der Waals surface area contributed by atoms with Crippen molar-refractivity contribution in [1.82, 2.24) is 10.3 Å². The molecule has 0 bridgehead atoms. The van der Waals surface area contributed by atoms with Crippen LogP contribution in [0.2, 0.25) is 0 Å². The number of aromatic nitrogens is 1. The van der Waals surface area contributed by atoms with Gasteiger partial charge in [0.2, 0.25) is 0 Å². The van der Waals surface area contributed by atoms with E-state index in [1.54, 1.807) is 30.5 Å². The number of hydrogen-bond donors (Lipinski definition) is 1. The summed E-state index contributed by atoms with van der Waals surface area (Å²) in [7, 11) is 0. The first kappa shape index (κ1) is 14.5. The molecule has 20 heavy (non-hydrogen) atoms. The Labute approximate surface area is 121 Å². The Kier molecular flexibility index (Phi) is 4.74. The highest BCUT2D eigenvalue weighted by Crippen LogP contribution is 2.19. The first-order valence-electron chi connectivity index (χ1n) is 6.17. The Bertz CT molecular complexity index is 601. The average molecular weight is 290 g/mol. The molecule has 0 fully saturated rings. The third kappa shape index (κ3) is 3.36. The maximum atomic E-state index is 12.9. The number of hydrogen-bond acceptors (Lipinski definition) is 3. The van der Waals surface area contributed by atoms with Crippen LogP contribution in [0.3, 0.4) is 0 Å². The lowest BCUT2D eigenvalue weighted by Crippen LogP contribution is -2.27. The summed E-state index contributed by atoms with van der Waals surface area (Å²) >= 11 is 1.43. The van der Waals surface area contributed by atoms with Crippen molar-refractivity contribution < 1.29 is 9.18 Å². The lowest BCUT2D eigenvalue weighted by molar-refractivity contribution is 0.0936. The number of pyridine rings is 1. The number of nitrogens with one attached hydrogen (secondary N) is 1. The van der Waals surface area contributed by atoms with Crippen molar-refractivity contribution in [3.8, 4) is 0 Å². The van der Waals surface area contributed by atoms with E-state index in [2.05, 4.69) is 10.3 Å². The Balaban J connectivity index is 2.13. The molecule has 0 unspecified atom stereocenters. The molecule has 0 saturated heterocycles. The molecule has 2 aromatic rings. The molecule has 0 aliphatic heterocycles. The quantitative estimate of drug-likeness (QED) is 0.877. The minimum absolute atomic E-state index is 0.181. The van der Waals surface area contributed by atoms with E-state index in [0.29, 0.717) is 10.6 Å². The van der Waals surface area contributed by atoms with E-state index in [1.807, 2.05) is 13.2 Å². The van der Waals surface area contributed by atoms with Crippen molar-refractivity contribution in [1.29, 1.82) is 0 Å². The molecule has 0 saturated carbocycles. The molecule has 0 spiro atoms. The number of thioether (sulfide) groups is 1. The molecule has 1 aromatic heterocycles. The summed E-state index contributed by atoms with van der Waals surface area (Å²) in [5.41, 5.74) is 1.41. The van der Waals surface area contributed by atoms with Crippen LogP contribution in [0.15, 0.2) is 47.6 Å². The van der Waals surface area contributed by atoms with Crippen molar-refractivity contribution in [2.75, 3.05) is 6.26 Å². The molecule has 0 radical (unpaired) electrons. The van der Waals surface area contributed by atoms with Crippen LogP contribution >= 0.6 is 11.8 Å². The lowest BCUT2D eigenvalue weighted by atomic mass is 10.1. The first-order valence-corrected chi connectivity index (χ1v) is 7.39. The zero-order chi connectivity index (χ0) is 14.5. The largest absolute Gasteiger partial charge is 0.345 e. The number of rotatable bonds is 4. The molecule has 5 heteroatoms. The Hall–Kier alpha value is -1.88. The number of amides is 1. The number of benzene rings is 1. The average Bonchev–Trinajstić information content (AvgIpc) is 2.47. The molecule has 0 aliphatic rings. The minimum atomic E-state index is -0.288. The number of carbonyl (C=O) groups excluding carboxylic acids is 1. The summed E-state index contributed by atoms with van der Waals surface area (Å²) in [4.78, 5) is 16.4. The van der Waals surface area contributed by atoms with E-state index in [1.165, 1.54) is 23.9 Å². The van der Waals surface area contributed by atoms with Crippen molar-refractivity contribution in [3.63, 3.8) is 0 Å². The first-order chi connectivity index (χ1) is 9.61. The second-order valence-electron chi connectivity index (χ2n) is 4.31. The summed E-state index contributed by atoms with van der Waals surface area (Å²) in [5.74, 6) is -0.469. The van der Waals surface area contributed by atoms with E-state index in [4.69, 9.17) is 0 Å². The van der Waals surface area contributed by atoms with Gasteiger partial charge in [-0.15, -0.1) is 11.8 Å². The maximum Gasteiger partial charge on any atom is 0.254 e.